The SMILES string of the molecule is C=C(O)CNCCOP(=O)(OCCNCC(=C)O)OCCNCC(=C)O. The minimum atomic E-state index is -3.79. The first-order chi connectivity index (χ1) is 12.2. The van der Waals surface area contributed by atoms with Crippen molar-refractivity contribution in [2.45, 2.75) is 0 Å². The van der Waals surface area contributed by atoms with Crippen LogP contribution in [0.5, 0.6) is 0 Å². The summed E-state index contributed by atoms with van der Waals surface area (Å²) < 4.78 is 28.2. The smallest absolute Gasteiger partial charge is 0.474 e. The Bertz CT molecular complexity index is 421. The summed E-state index contributed by atoms with van der Waals surface area (Å²) in [7, 11) is -3.79. The van der Waals surface area contributed by atoms with Crippen molar-refractivity contribution in [3.63, 3.8) is 0 Å². The first kappa shape index (κ1) is 24.6. The Morgan fingerprint density at radius 2 is 0.962 bits per heavy atom. The summed E-state index contributed by atoms with van der Waals surface area (Å²) in [6.07, 6.45) is 0. The molecule has 0 radical (unpaired) electrons. The second kappa shape index (κ2) is 14.7. The van der Waals surface area contributed by atoms with Gasteiger partial charge in [0, 0.05) is 19.6 Å². The van der Waals surface area contributed by atoms with Crippen molar-refractivity contribution in [2.24, 2.45) is 0 Å². The van der Waals surface area contributed by atoms with Crippen LogP contribution in [0.1, 0.15) is 0 Å². The standard InChI is InChI=1S/C15H30N3O7P/c1-13(19)10-16-4-7-23-26(22,24-8-5-17-11-14(2)20)25-9-6-18-12-15(3)21/h16-21H,1-12H2. The molecule has 0 aromatic heterocycles. The van der Waals surface area contributed by atoms with E-state index in [0.717, 1.165) is 0 Å². The summed E-state index contributed by atoms with van der Waals surface area (Å²) in [6.45, 7) is 11.6. The molecule has 26 heavy (non-hydrogen) atoms. The molecule has 0 amide bonds. The Morgan fingerprint density at radius 3 is 1.19 bits per heavy atom. The lowest BCUT2D eigenvalue weighted by Crippen LogP contribution is -2.25. The Morgan fingerprint density at radius 1 is 0.692 bits per heavy atom. The van der Waals surface area contributed by atoms with E-state index in [4.69, 9.17) is 28.9 Å². The summed E-state index contributed by atoms with van der Waals surface area (Å²) in [5, 5.41) is 35.4. The number of hydrogen-bond donors (Lipinski definition) is 6. The number of phosphoric acid groups is 1. The van der Waals surface area contributed by atoms with Crippen LogP contribution in [0.2, 0.25) is 0 Å². The summed E-state index contributed by atoms with van der Waals surface area (Å²) in [6, 6.07) is 0. The van der Waals surface area contributed by atoms with E-state index in [1.54, 1.807) is 0 Å². The predicted octanol–water partition coefficient (Wildman–Crippen LogP) is 1.13. The number of aliphatic hydroxyl groups is 3. The van der Waals surface area contributed by atoms with Crippen LogP contribution in [0.3, 0.4) is 0 Å². The van der Waals surface area contributed by atoms with Crippen molar-refractivity contribution in [1.82, 2.24) is 16.0 Å². The second-order valence-electron chi connectivity index (χ2n) is 5.18. The molecule has 0 heterocycles. The monoisotopic (exact) mass is 395 g/mol. The molecule has 0 aliphatic carbocycles. The largest absolute Gasteiger partial charge is 0.512 e. The molecule has 0 saturated heterocycles. The maximum absolute atomic E-state index is 12.6. The molecule has 0 rings (SSSR count). The molecule has 0 spiro atoms. The van der Waals surface area contributed by atoms with E-state index in [0.29, 0.717) is 19.6 Å². The van der Waals surface area contributed by atoms with Crippen molar-refractivity contribution >= 4 is 7.82 Å². The number of aliphatic hydroxyl groups excluding tert-OH is 3. The van der Waals surface area contributed by atoms with Gasteiger partial charge in [0.25, 0.3) is 0 Å². The molecule has 0 aromatic rings. The van der Waals surface area contributed by atoms with Gasteiger partial charge in [-0.25, -0.2) is 4.57 Å². The molecule has 0 aliphatic heterocycles. The van der Waals surface area contributed by atoms with Gasteiger partial charge >= 0.3 is 7.82 Å². The fourth-order valence-electron chi connectivity index (χ4n) is 1.50. The van der Waals surface area contributed by atoms with Crippen LogP contribution in [0, 0.1) is 0 Å². The van der Waals surface area contributed by atoms with Gasteiger partial charge in [0.05, 0.1) is 56.7 Å². The second-order valence-corrected chi connectivity index (χ2v) is 6.84. The van der Waals surface area contributed by atoms with Gasteiger partial charge in [-0.1, -0.05) is 19.7 Å². The molecule has 10 nitrogen and oxygen atoms in total. The third kappa shape index (κ3) is 16.1. The lowest BCUT2D eigenvalue weighted by atomic mass is 10.5. The number of phosphoric ester groups is 1. The fraction of sp³-hybridized carbons (Fsp3) is 0.600. The quantitative estimate of drug-likeness (QED) is 0.114. The first-order valence-corrected chi connectivity index (χ1v) is 9.47. The van der Waals surface area contributed by atoms with Crippen LogP contribution in [0.4, 0.5) is 0 Å². The van der Waals surface area contributed by atoms with Crippen LogP contribution < -0.4 is 16.0 Å². The zero-order valence-electron chi connectivity index (χ0n) is 14.9. The van der Waals surface area contributed by atoms with Gasteiger partial charge < -0.3 is 31.3 Å². The highest BCUT2D eigenvalue weighted by atomic mass is 31.2. The van der Waals surface area contributed by atoms with E-state index < -0.39 is 7.82 Å². The summed E-state index contributed by atoms with van der Waals surface area (Å²) in [5.74, 6) is -0.0590. The summed E-state index contributed by atoms with van der Waals surface area (Å²) >= 11 is 0. The Balaban J connectivity index is 4.22. The fourth-order valence-corrected chi connectivity index (χ4v) is 2.67. The lowest BCUT2D eigenvalue weighted by molar-refractivity contribution is 0.115. The number of hydrogen-bond acceptors (Lipinski definition) is 10. The van der Waals surface area contributed by atoms with Gasteiger partial charge in [-0.05, 0) is 0 Å². The van der Waals surface area contributed by atoms with Crippen LogP contribution in [-0.2, 0) is 18.1 Å². The average molecular weight is 395 g/mol. The molecule has 0 aliphatic rings. The minimum absolute atomic E-state index is 0.0197. The Labute approximate surface area is 154 Å². The average Bonchev–Trinajstić information content (AvgIpc) is 2.53. The minimum Gasteiger partial charge on any atom is -0.512 e. The summed E-state index contributed by atoms with van der Waals surface area (Å²) in [5.41, 5.74) is 0. The normalized spacial score (nSPS) is 11.4. The summed E-state index contributed by atoms with van der Waals surface area (Å²) in [4.78, 5) is 0. The van der Waals surface area contributed by atoms with Gasteiger partial charge in [-0.3, -0.25) is 13.6 Å². The molecule has 6 N–H and O–H groups in total. The third-order valence-electron chi connectivity index (χ3n) is 2.57. The zero-order chi connectivity index (χ0) is 19.8. The van der Waals surface area contributed by atoms with Crippen molar-refractivity contribution in [3.8, 4) is 0 Å². The molecule has 0 atom stereocenters. The zero-order valence-corrected chi connectivity index (χ0v) is 15.8. The highest BCUT2D eigenvalue weighted by Crippen LogP contribution is 2.48. The van der Waals surface area contributed by atoms with E-state index in [2.05, 4.69) is 35.7 Å². The molecule has 0 aromatic carbocycles. The molecular formula is C15H30N3O7P. The van der Waals surface area contributed by atoms with Crippen LogP contribution in [-0.4, -0.2) is 74.4 Å². The molecule has 0 bridgehead atoms. The molecule has 11 heteroatoms. The Kier molecular flexibility index (Phi) is 14.0. The first-order valence-electron chi connectivity index (χ1n) is 8.01. The van der Waals surface area contributed by atoms with Crippen molar-refractivity contribution in [1.29, 1.82) is 0 Å². The molecular weight excluding hydrogens is 365 g/mol. The van der Waals surface area contributed by atoms with Gasteiger partial charge in [-0.2, -0.15) is 0 Å². The highest BCUT2D eigenvalue weighted by molar-refractivity contribution is 7.48. The maximum atomic E-state index is 12.6. The van der Waals surface area contributed by atoms with Crippen molar-refractivity contribution in [2.75, 3.05) is 59.1 Å². The van der Waals surface area contributed by atoms with Crippen LogP contribution in [0.25, 0.3) is 0 Å². The van der Waals surface area contributed by atoms with Crippen LogP contribution in [0.15, 0.2) is 37.0 Å². The van der Waals surface area contributed by atoms with Gasteiger partial charge in [-0.15, -0.1) is 0 Å². The van der Waals surface area contributed by atoms with Crippen LogP contribution >= 0.6 is 7.82 Å². The predicted molar refractivity (Wildman–Crippen MR) is 99.4 cm³/mol. The van der Waals surface area contributed by atoms with Gasteiger partial charge in [0.1, 0.15) is 0 Å². The van der Waals surface area contributed by atoms with Gasteiger partial charge in [0.15, 0.2) is 0 Å². The van der Waals surface area contributed by atoms with Gasteiger partial charge in [0.2, 0.25) is 0 Å². The molecule has 152 valence electrons. The molecule has 0 saturated carbocycles. The topological polar surface area (TPSA) is 142 Å². The van der Waals surface area contributed by atoms with E-state index in [1.807, 2.05) is 0 Å². The molecule has 0 fully saturated rings. The lowest BCUT2D eigenvalue weighted by Gasteiger charge is -2.18. The molecule has 0 unspecified atom stereocenters. The number of rotatable bonds is 18. The highest BCUT2D eigenvalue weighted by Gasteiger charge is 2.26. The van der Waals surface area contributed by atoms with Crippen molar-refractivity contribution < 1.29 is 33.5 Å². The van der Waals surface area contributed by atoms with Crippen molar-refractivity contribution in [3.05, 3.63) is 37.0 Å². The van der Waals surface area contributed by atoms with E-state index >= 15 is 0 Å². The van der Waals surface area contributed by atoms with E-state index in [-0.39, 0.29) is 56.7 Å². The number of nitrogens with one attached hydrogen (secondary N) is 3. The van der Waals surface area contributed by atoms with E-state index in [1.165, 1.54) is 0 Å². The third-order valence-corrected chi connectivity index (χ3v) is 4.07. The Hall–Kier alpha value is -1.39. The maximum Gasteiger partial charge on any atom is 0.474 e. The van der Waals surface area contributed by atoms with E-state index in [9.17, 15) is 4.57 Å².